The van der Waals surface area contributed by atoms with Crippen molar-refractivity contribution in [3.63, 3.8) is 0 Å². The summed E-state index contributed by atoms with van der Waals surface area (Å²) in [4.78, 5) is 18.6. The van der Waals surface area contributed by atoms with Gasteiger partial charge in [-0.3, -0.25) is 4.79 Å². The van der Waals surface area contributed by atoms with Crippen LogP contribution in [0.15, 0.2) is 4.90 Å². The number of rotatable bonds is 6. The highest BCUT2D eigenvalue weighted by atomic mass is 32.2. The van der Waals surface area contributed by atoms with Crippen LogP contribution in [0.1, 0.15) is 35.9 Å². The molecule has 118 valence electrons. The first-order valence-electron chi connectivity index (χ1n) is 7.40. The van der Waals surface area contributed by atoms with Gasteiger partial charge in [-0.05, 0) is 33.2 Å². The molecule has 2 rings (SSSR count). The summed E-state index contributed by atoms with van der Waals surface area (Å²) in [6.45, 7) is 4.00. The average Bonchev–Trinajstić information content (AvgIpc) is 3.01. The summed E-state index contributed by atoms with van der Waals surface area (Å²) in [5.74, 6) is 0.155. The Morgan fingerprint density at radius 2 is 2.24 bits per heavy atom. The number of carbonyl (C=O) groups excluding carboxylic acids is 1. The predicted octanol–water partition coefficient (Wildman–Crippen LogP) is 3.18. The summed E-state index contributed by atoms with van der Waals surface area (Å²) in [7, 11) is 4.22. The zero-order valence-corrected chi connectivity index (χ0v) is 14.9. The van der Waals surface area contributed by atoms with Gasteiger partial charge in [0.15, 0.2) is 5.78 Å². The van der Waals surface area contributed by atoms with Crippen molar-refractivity contribution in [1.82, 2.24) is 4.90 Å². The van der Waals surface area contributed by atoms with Gasteiger partial charge in [0.2, 0.25) is 0 Å². The maximum Gasteiger partial charge on any atom is 0.174 e. The molecule has 1 aromatic heterocycles. The van der Waals surface area contributed by atoms with Gasteiger partial charge in [0.05, 0.1) is 15.5 Å². The van der Waals surface area contributed by atoms with E-state index in [0.29, 0.717) is 18.2 Å². The average molecular weight is 328 g/mol. The van der Waals surface area contributed by atoms with Crippen LogP contribution in [0.3, 0.4) is 0 Å². The second kappa shape index (κ2) is 7.03. The monoisotopic (exact) mass is 327 g/mol. The topological polar surface area (TPSA) is 49.6 Å². The molecular weight excluding hydrogens is 302 g/mol. The van der Waals surface area contributed by atoms with E-state index < -0.39 is 0 Å². The van der Waals surface area contributed by atoms with E-state index in [0.717, 1.165) is 22.9 Å². The maximum atomic E-state index is 12.1. The number of nitrogen functional groups attached to an aromatic ring is 1. The molecule has 0 radical (unpaired) electrons. The fraction of sp³-hybridized carbons (Fsp3) is 0.667. The molecule has 1 atom stereocenters. The molecule has 0 aliphatic carbocycles. The summed E-state index contributed by atoms with van der Waals surface area (Å²) >= 11 is 3.24. The molecule has 6 heteroatoms. The molecular formula is C15H25N3OS2. The number of nitrogens with zero attached hydrogens (tertiary/aromatic N) is 2. The SMILES string of the molecule is CCC(=O)c1sc(N2CCCC2CN(C)C)c(SC)c1N. The zero-order valence-electron chi connectivity index (χ0n) is 13.3. The van der Waals surface area contributed by atoms with Crippen molar-refractivity contribution >= 4 is 39.6 Å². The van der Waals surface area contributed by atoms with Crippen LogP contribution in [0.2, 0.25) is 0 Å². The van der Waals surface area contributed by atoms with E-state index in [1.807, 2.05) is 13.2 Å². The Labute approximate surface area is 135 Å². The largest absolute Gasteiger partial charge is 0.396 e. The summed E-state index contributed by atoms with van der Waals surface area (Å²) in [6.07, 6.45) is 4.97. The van der Waals surface area contributed by atoms with Crippen molar-refractivity contribution in [2.75, 3.05) is 44.1 Å². The van der Waals surface area contributed by atoms with Gasteiger partial charge in [-0.25, -0.2) is 0 Å². The van der Waals surface area contributed by atoms with Crippen molar-refractivity contribution in [2.24, 2.45) is 0 Å². The smallest absolute Gasteiger partial charge is 0.174 e. The Balaban J connectivity index is 2.36. The molecule has 0 saturated carbocycles. The van der Waals surface area contributed by atoms with Crippen LogP contribution in [-0.4, -0.2) is 50.2 Å². The first-order valence-corrected chi connectivity index (χ1v) is 9.44. The molecule has 1 aliphatic heterocycles. The Kier molecular flexibility index (Phi) is 5.57. The van der Waals surface area contributed by atoms with E-state index in [4.69, 9.17) is 5.73 Å². The lowest BCUT2D eigenvalue weighted by Gasteiger charge is -2.28. The number of hydrogen-bond donors (Lipinski definition) is 1. The summed E-state index contributed by atoms with van der Waals surface area (Å²) < 4.78 is 0. The first-order chi connectivity index (χ1) is 9.99. The third kappa shape index (κ3) is 3.38. The van der Waals surface area contributed by atoms with Gasteiger partial charge in [0, 0.05) is 25.6 Å². The number of thiophene rings is 1. The van der Waals surface area contributed by atoms with Gasteiger partial charge < -0.3 is 15.5 Å². The molecule has 1 fully saturated rings. The Hall–Kier alpha value is -0.720. The first kappa shape index (κ1) is 16.6. The van der Waals surface area contributed by atoms with Crippen LogP contribution in [0.25, 0.3) is 0 Å². The minimum Gasteiger partial charge on any atom is -0.396 e. The standard InChI is InChI=1S/C15H25N3OS2/c1-5-11(19)13-12(16)14(20-4)15(21-13)18-8-6-7-10(18)9-17(2)3/h10H,5-9,16H2,1-4H3. The summed E-state index contributed by atoms with van der Waals surface area (Å²) in [6, 6.07) is 0.522. The number of thioether (sulfide) groups is 1. The third-order valence-electron chi connectivity index (χ3n) is 3.87. The van der Waals surface area contributed by atoms with Gasteiger partial charge >= 0.3 is 0 Å². The normalized spacial score (nSPS) is 18.7. The number of ketones is 1. The Morgan fingerprint density at radius 3 is 2.81 bits per heavy atom. The Morgan fingerprint density at radius 1 is 1.52 bits per heavy atom. The van der Waals surface area contributed by atoms with E-state index in [1.54, 1.807) is 23.1 Å². The highest BCUT2D eigenvalue weighted by Gasteiger charge is 2.30. The summed E-state index contributed by atoms with van der Waals surface area (Å²) in [5, 5.41) is 1.20. The molecule has 1 saturated heterocycles. The van der Waals surface area contributed by atoms with Gasteiger partial charge in [-0.15, -0.1) is 23.1 Å². The minimum absolute atomic E-state index is 0.155. The lowest BCUT2D eigenvalue weighted by Crippen LogP contribution is -2.37. The highest BCUT2D eigenvalue weighted by molar-refractivity contribution is 7.99. The third-order valence-corrected chi connectivity index (χ3v) is 6.11. The van der Waals surface area contributed by atoms with Crippen LogP contribution >= 0.6 is 23.1 Å². The molecule has 1 unspecified atom stereocenters. The number of likely N-dealkylation sites (N-methyl/N-ethyl adjacent to an activating group) is 1. The van der Waals surface area contributed by atoms with Crippen molar-refractivity contribution in [3.05, 3.63) is 4.88 Å². The molecule has 0 spiro atoms. The van der Waals surface area contributed by atoms with E-state index >= 15 is 0 Å². The van der Waals surface area contributed by atoms with Crippen LogP contribution in [-0.2, 0) is 0 Å². The van der Waals surface area contributed by atoms with Crippen molar-refractivity contribution in [3.8, 4) is 0 Å². The molecule has 1 aliphatic rings. The van der Waals surface area contributed by atoms with Crippen LogP contribution in [0.4, 0.5) is 10.7 Å². The van der Waals surface area contributed by atoms with Crippen molar-refractivity contribution in [2.45, 2.75) is 37.1 Å². The number of carbonyl (C=O) groups is 1. The molecule has 4 nitrogen and oxygen atoms in total. The zero-order chi connectivity index (χ0) is 15.6. The van der Waals surface area contributed by atoms with E-state index in [9.17, 15) is 4.79 Å². The molecule has 0 bridgehead atoms. The number of Topliss-reactive ketones (excluding diaryl/α,β-unsaturated/α-hetero) is 1. The fourth-order valence-corrected chi connectivity index (χ4v) is 5.16. The quantitative estimate of drug-likeness (QED) is 0.642. The van der Waals surface area contributed by atoms with E-state index in [1.165, 1.54) is 17.8 Å². The second-order valence-corrected chi connectivity index (χ2v) is 7.53. The van der Waals surface area contributed by atoms with Crippen molar-refractivity contribution < 1.29 is 4.79 Å². The highest BCUT2D eigenvalue weighted by Crippen LogP contribution is 2.46. The molecule has 0 aromatic carbocycles. The van der Waals surface area contributed by atoms with Gasteiger partial charge in [0.25, 0.3) is 0 Å². The molecule has 1 aromatic rings. The van der Waals surface area contributed by atoms with Crippen LogP contribution < -0.4 is 10.6 Å². The second-order valence-electron chi connectivity index (χ2n) is 5.71. The molecule has 0 amide bonds. The summed E-state index contributed by atoms with van der Waals surface area (Å²) in [5.41, 5.74) is 6.92. The lowest BCUT2D eigenvalue weighted by molar-refractivity contribution is 0.0992. The van der Waals surface area contributed by atoms with Crippen LogP contribution in [0, 0.1) is 0 Å². The minimum atomic E-state index is 0.155. The van der Waals surface area contributed by atoms with Crippen molar-refractivity contribution in [1.29, 1.82) is 0 Å². The molecule has 21 heavy (non-hydrogen) atoms. The van der Waals surface area contributed by atoms with Gasteiger partial charge in [-0.1, -0.05) is 6.92 Å². The van der Waals surface area contributed by atoms with E-state index in [2.05, 4.69) is 23.9 Å². The molecule has 2 N–H and O–H groups in total. The Bertz CT molecular complexity index is 513. The lowest BCUT2D eigenvalue weighted by atomic mass is 10.2. The van der Waals surface area contributed by atoms with Crippen LogP contribution in [0.5, 0.6) is 0 Å². The van der Waals surface area contributed by atoms with E-state index in [-0.39, 0.29) is 5.78 Å². The molecule has 2 heterocycles. The van der Waals surface area contributed by atoms with Gasteiger partial charge in [-0.2, -0.15) is 0 Å². The maximum absolute atomic E-state index is 12.1. The number of nitrogens with two attached hydrogens (primary N) is 1. The number of hydrogen-bond acceptors (Lipinski definition) is 6. The fourth-order valence-electron chi connectivity index (χ4n) is 2.88. The predicted molar refractivity (Wildman–Crippen MR) is 94.1 cm³/mol. The van der Waals surface area contributed by atoms with Gasteiger partial charge in [0.1, 0.15) is 5.00 Å². The number of anilines is 2.